The van der Waals surface area contributed by atoms with Crippen molar-refractivity contribution < 1.29 is 13.9 Å². The van der Waals surface area contributed by atoms with Crippen LogP contribution in [0.15, 0.2) is 0 Å². The summed E-state index contributed by atoms with van der Waals surface area (Å²) < 4.78 is 18.9. The van der Waals surface area contributed by atoms with E-state index in [0.717, 1.165) is 25.9 Å². The van der Waals surface area contributed by atoms with Gasteiger partial charge in [0.1, 0.15) is 0 Å². The van der Waals surface area contributed by atoms with Crippen molar-refractivity contribution >= 4 is 8.32 Å². The molecule has 3 aliphatic heterocycles. The van der Waals surface area contributed by atoms with Crippen LogP contribution in [0.1, 0.15) is 47.5 Å². The van der Waals surface area contributed by atoms with Crippen molar-refractivity contribution in [2.24, 2.45) is 0 Å². The number of hydrogen-bond acceptors (Lipinski definition) is 4. The van der Waals surface area contributed by atoms with E-state index in [1.165, 1.54) is 0 Å². The fourth-order valence-electron chi connectivity index (χ4n) is 3.84. The molecule has 0 saturated carbocycles. The quantitative estimate of drug-likeness (QED) is 0.728. The molecule has 0 amide bonds. The molecule has 0 aromatic heterocycles. The van der Waals surface area contributed by atoms with Crippen molar-refractivity contribution in [2.45, 2.75) is 95.7 Å². The summed E-state index contributed by atoms with van der Waals surface area (Å²) in [5.74, 6) is -0.426. The first-order chi connectivity index (χ1) is 9.98. The second kappa shape index (κ2) is 5.28. The molecule has 4 atom stereocenters. The van der Waals surface area contributed by atoms with Gasteiger partial charge in [-0.15, -0.1) is 0 Å². The summed E-state index contributed by atoms with van der Waals surface area (Å²) in [5.41, 5.74) is 0. The lowest BCUT2D eigenvalue weighted by Gasteiger charge is -2.42. The predicted octanol–water partition coefficient (Wildman–Crippen LogP) is 3.37. The van der Waals surface area contributed by atoms with E-state index in [9.17, 15) is 0 Å². The normalized spacial score (nSPS) is 38.9. The fourth-order valence-corrected chi connectivity index (χ4v) is 5.22. The molecule has 3 saturated heterocycles. The highest BCUT2D eigenvalue weighted by atomic mass is 28.4. The zero-order valence-corrected chi connectivity index (χ0v) is 16.3. The second-order valence-electron chi connectivity index (χ2n) is 9.22. The van der Waals surface area contributed by atoms with Crippen molar-refractivity contribution in [1.82, 2.24) is 4.90 Å². The van der Waals surface area contributed by atoms with Gasteiger partial charge in [0.15, 0.2) is 14.1 Å². The zero-order valence-electron chi connectivity index (χ0n) is 15.3. The molecule has 128 valence electrons. The molecule has 0 aliphatic carbocycles. The molecule has 0 N–H and O–H groups in total. The van der Waals surface area contributed by atoms with Crippen molar-refractivity contribution in [2.75, 3.05) is 13.1 Å². The predicted molar refractivity (Wildman–Crippen MR) is 90.5 cm³/mol. The van der Waals surface area contributed by atoms with E-state index in [-0.39, 0.29) is 17.2 Å². The number of nitrogens with zero attached hydrogens (tertiary/aromatic N) is 1. The van der Waals surface area contributed by atoms with Crippen molar-refractivity contribution in [3.05, 3.63) is 0 Å². The summed E-state index contributed by atoms with van der Waals surface area (Å²) in [6.45, 7) is 17.9. The van der Waals surface area contributed by atoms with Crippen molar-refractivity contribution in [3.63, 3.8) is 0 Å². The Hall–Kier alpha value is 0.0569. The third kappa shape index (κ3) is 3.03. The molecule has 4 nitrogen and oxygen atoms in total. The molecule has 3 heterocycles. The lowest BCUT2D eigenvalue weighted by molar-refractivity contribution is -0.145. The monoisotopic (exact) mass is 327 g/mol. The van der Waals surface area contributed by atoms with Crippen molar-refractivity contribution in [3.8, 4) is 0 Å². The van der Waals surface area contributed by atoms with Gasteiger partial charge in [-0.3, -0.25) is 4.90 Å². The highest BCUT2D eigenvalue weighted by Gasteiger charge is 2.52. The molecule has 22 heavy (non-hydrogen) atoms. The van der Waals surface area contributed by atoms with E-state index in [1.807, 2.05) is 13.8 Å². The molecule has 0 unspecified atom stereocenters. The van der Waals surface area contributed by atoms with Gasteiger partial charge < -0.3 is 13.9 Å². The third-order valence-corrected chi connectivity index (χ3v) is 10.5. The summed E-state index contributed by atoms with van der Waals surface area (Å²) in [5, 5.41) is 0.270. The molecule has 3 aliphatic rings. The maximum atomic E-state index is 6.73. The van der Waals surface area contributed by atoms with E-state index < -0.39 is 14.1 Å². The second-order valence-corrected chi connectivity index (χ2v) is 14.0. The minimum absolute atomic E-state index is 0.234. The van der Waals surface area contributed by atoms with Crippen LogP contribution in [0.25, 0.3) is 0 Å². The van der Waals surface area contributed by atoms with Gasteiger partial charge in [0.25, 0.3) is 0 Å². The first-order valence-corrected chi connectivity index (χ1v) is 11.7. The van der Waals surface area contributed by atoms with Crippen molar-refractivity contribution in [1.29, 1.82) is 0 Å². The highest BCUT2D eigenvalue weighted by Crippen LogP contribution is 2.43. The molecule has 0 aromatic rings. The number of hydrogen-bond donors (Lipinski definition) is 0. The van der Waals surface area contributed by atoms with Crippen LogP contribution in [0.4, 0.5) is 0 Å². The van der Waals surface area contributed by atoms with Crippen LogP contribution < -0.4 is 0 Å². The molecule has 0 spiro atoms. The highest BCUT2D eigenvalue weighted by molar-refractivity contribution is 6.74. The smallest absolute Gasteiger partial charge is 0.192 e. The summed E-state index contributed by atoms with van der Waals surface area (Å²) >= 11 is 0. The van der Waals surface area contributed by atoms with Gasteiger partial charge >= 0.3 is 0 Å². The van der Waals surface area contributed by atoms with Crippen LogP contribution in [0, 0.1) is 0 Å². The molecular formula is C17H33NO3Si. The standard InChI is InChI=1S/C17H33NO3Si/c1-16(2,3)22(6,7)21-13-8-9-18-11-15-14(10-12(13)18)19-17(4,5)20-15/h12-15H,8-11H2,1-7H3/t12-,13-,14+,15-/m1/s1. The number of fused-ring (bicyclic) bond motifs is 2. The molecule has 3 fully saturated rings. The molecule has 5 heteroatoms. The van der Waals surface area contributed by atoms with Crippen LogP contribution in [-0.2, 0) is 13.9 Å². The first-order valence-electron chi connectivity index (χ1n) is 8.76. The van der Waals surface area contributed by atoms with Crippen LogP contribution in [-0.4, -0.2) is 56.4 Å². The maximum absolute atomic E-state index is 6.73. The van der Waals surface area contributed by atoms with Crippen LogP contribution in [0.5, 0.6) is 0 Å². The summed E-state index contributed by atoms with van der Waals surface area (Å²) in [6.07, 6.45) is 3.04. The average Bonchev–Trinajstić information content (AvgIpc) is 2.83. The van der Waals surface area contributed by atoms with Gasteiger partial charge in [-0.25, -0.2) is 0 Å². The van der Waals surface area contributed by atoms with Gasteiger partial charge in [0.05, 0.1) is 18.3 Å². The number of ether oxygens (including phenoxy) is 2. The minimum atomic E-state index is -1.71. The topological polar surface area (TPSA) is 30.9 Å². The van der Waals surface area contributed by atoms with E-state index in [4.69, 9.17) is 13.9 Å². The van der Waals surface area contributed by atoms with Gasteiger partial charge in [0.2, 0.25) is 0 Å². The third-order valence-electron chi connectivity index (χ3n) is 6.02. The first kappa shape index (κ1) is 16.9. The summed E-state index contributed by atoms with van der Waals surface area (Å²) in [7, 11) is -1.71. The largest absolute Gasteiger partial charge is 0.412 e. The minimum Gasteiger partial charge on any atom is -0.412 e. The van der Waals surface area contributed by atoms with Gasteiger partial charge in [-0.1, -0.05) is 20.8 Å². The summed E-state index contributed by atoms with van der Waals surface area (Å²) in [6, 6.07) is 0.507. The Morgan fingerprint density at radius 3 is 2.41 bits per heavy atom. The molecule has 0 bridgehead atoms. The Bertz CT molecular complexity index is 432. The van der Waals surface area contributed by atoms with Crippen LogP contribution in [0.2, 0.25) is 18.1 Å². The lowest BCUT2D eigenvalue weighted by Crippen LogP contribution is -2.53. The molecule has 3 rings (SSSR count). The maximum Gasteiger partial charge on any atom is 0.192 e. The number of rotatable bonds is 2. The Labute approximate surface area is 136 Å². The van der Waals surface area contributed by atoms with E-state index in [0.29, 0.717) is 12.1 Å². The Balaban J connectivity index is 1.68. The van der Waals surface area contributed by atoms with Crippen LogP contribution >= 0.6 is 0 Å². The fraction of sp³-hybridized carbons (Fsp3) is 1.00. The SMILES string of the molecule is CC1(C)O[C@H]2C[C@@H]3[C@H](O[Si](C)(C)C(C)(C)C)CCN3C[C@H]2O1. The van der Waals surface area contributed by atoms with Crippen LogP contribution in [0.3, 0.4) is 0 Å². The Morgan fingerprint density at radius 1 is 1.14 bits per heavy atom. The zero-order chi connectivity index (χ0) is 16.3. The summed E-state index contributed by atoms with van der Waals surface area (Å²) in [4.78, 5) is 2.57. The average molecular weight is 328 g/mol. The Morgan fingerprint density at radius 2 is 1.77 bits per heavy atom. The van der Waals surface area contributed by atoms with Gasteiger partial charge in [0, 0.05) is 19.1 Å². The van der Waals surface area contributed by atoms with E-state index in [2.05, 4.69) is 38.8 Å². The molecular weight excluding hydrogens is 294 g/mol. The van der Waals surface area contributed by atoms with E-state index in [1.54, 1.807) is 0 Å². The van der Waals surface area contributed by atoms with Gasteiger partial charge in [-0.05, 0) is 44.8 Å². The molecule has 0 aromatic carbocycles. The van der Waals surface area contributed by atoms with Gasteiger partial charge in [-0.2, -0.15) is 0 Å². The number of piperidine rings is 1. The lowest BCUT2D eigenvalue weighted by atomic mass is 9.96. The molecule has 0 radical (unpaired) electrons. The van der Waals surface area contributed by atoms with E-state index >= 15 is 0 Å². The Kier molecular flexibility index (Phi) is 4.06.